The van der Waals surface area contributed by atoms with Crippen LogP contribution in [0.4, 0.5) is 5.82 Å². The largest absolute Gasteiger partial charge is 0.357 e. The third-order valence-electron chi connectivity index (χ3n) is 4.26. The van der Waals surface area contributed by atoms with Gasteiger partial charge in [-0.3, -0.25) is 4.79 Å². The van der Waals surface area contributed by atoms with Crippen molar-refractivity contribution < 1.29 is 4.79 Å². The van der Waals surface area contributed by atoms with Crippen LogP contribution in [0, 0.1) is 9.49 Å². The van der Waals surface area contributed by atoms with Gasteiger partial charge in [-0.05, 0) is 65.6 Å². The van der Waals surface area contributed by atoms with E-state index < -0.39 is 0 Å². The van der Waals surface area contributed by atoms with E-state index >= 15 is 0 Å². The molecule has 1 aliphatic rings. The first-order chi connectivity index (χ1) is 11.2. The van der Waals surface area contributed by atoms with E-state index in [9.17, 15) is 4.79 Å². The van der Waals surface area contributed by atoms with Crippen LogP contribution in [0.2, 0.25) is 0 Å². The number of aromatic nitrogens is 1. The van der Waals surface area contributed by atoms with E-state index in [1.165, 1.54) is 0 Å². The van der Waals surface area contributed by atoms with Crippen LogP contribution in [-0.4, -0.2) is 30.5 Å². The SMILES string of the molecule is O=C(NCC1CCN(c2ccccn2)CC1)c1ccccc1I. The zero-order chi connectivity index (χ0) is 16.1. The highest BCUT2D eigenvalue weighted by molar-refractivity contribution is 14.1. The molecule has 23 heavy (non-hydrogen) atoms. The summed E-state index contributed by atoms with van der Waals surface area (Å²) >= 11 is 2.20. The summed E-state index contributed by atoms with van der Waals surface area (Å²) in [5.41, 5.74) is 0.763. The molecule has 0 radical (unpaired) electrons. The molecule has 1 aromatic carbocycles. The molecule has 3 rings (SSSR count). The molecular weight excluding hydrogens is 401 g/mol. The van der Waals surface area contributed by atoms with Crippen LogP contribution in [0.3, 0.4) is 0 Å². The van der Waals surface area contributed by atoms with Gasteiger partial charge in [0.1, 0.15) is 5.82 Å². The van der Waals surface area contributed by atoms with E-state index in [1.54, 1.807) is 0 Å². The number of nitrogens with zero attached hydrogens (tertiary/aromatic N) is 2. The van der Waals surface area contributed by atoms with Gasteiger partial charge in [0.2, 0.25) is 0 Å². The fourth-order valence-corrected chi connectivity index (χ4v) is 3.52. The lowest BCUT2D eigenvalue weighted by Gasteiger charge is -2.32. The molecule has 1 amide bonds. The van der Waals surface area contributed by atoms with Crippen LogP contribution in [-0.2, 0) is 0 Å². The molecule has 1 N–H and O–H groups in total. The number of hydrogen-bond donors (Lipinski definition) is 1. The molecule has 0 unspecified atom stereocenters. The van der Waals surface area contributed by atoms with Crippen molar-refractivity contribution in [3.05, 3.63) is 57.8 Å². The number of rotatable bonds is 4. The number of carbonyl (C=O) groups excluding carboxylic acids is 1. The molecule has 4 nitrogen and oxygen atoms in total. The predicted octanol–water partition coefficient (Wildman–Crippen LogP) is 3.33. The third kappa shape index (κ3) is 4.22. The molecule has 0 bridgehead atoms. The van der Waals surface area contributed by atoms with Crippen molar-refractivity contribution >= 4 is 34.3 Å². The van der Waals surface area contributed by atoms with Crippen molar-refractivity contribution in [2.45, 2.75) is 12.8 Å². The number of carbonyl (C=O) groups is 1. The van der Waals surface area contributed by atoms with Crippen LogP contribution in [0.25, 0.3) is 0 Å². The van der Waals surface area contributed by atoms with Crippen LogP contribution in [0.1, 0.15) is 23.2 Å². The van der Waals surface area contributed by atoms with Crippen molar-refractivity contribution in [3.63, 3.8) is 0 Å². The van der Waals surface area contributed by atoms with Crippen molar-refractivity contribution in [1.29, 1.82) is 0 Å². The summed E-state index contributed by atoms with van der Waals surface area (Å²) in [7, 11) is 0. The van der Waals surface area contributed by atoms with E-state index in [2.05, 4.69) is 43.9 Å². The summed E-state index contributed by atoms with van der Waals surface area (Å²) in [4.78, 5) is 19.0. The summed E-state index contributed by atoms with van der Waals surface area (Å²) in [6.45, 7) is 2.75. The number of nitrogens with one attached hydrogen (secondary N) is 1. The zero-order valence-corrected chi connectivity index (χ0v) is 15.1. The Kier molecular flexibility index (Phi) is 5.48. The monoisotopic (exact) mass is 421 g/mol. The Labute approximate surface area is 150 Å². The van der Waals surface area contributed by atoms with Gasteiger partial charge in [-0.25, -0.2) is 4.98 Å². The second-order valence-electron chi connectivity index (χ2n) is 5.81. The molecule has 0 saturated carbocycles. The van der Waals surface area contributed by atoms with Gasteiger partial charge < -0.3 is 10.2 Å². The second kappa shape index (κ2) is 7.77. The van der Waals surface area contributed by atoms with E-state index in [0.29, 0.717) is 5.92 Å². The summed E-state index contributed by atoms with van der Waals surface area (Å²) in [5.74, 6) is 1.62. The Bertz CT molecular complexity index is 654. The third-order valence-corrected chi connectivity index (χ3v) is 5.20. The van der Waals surface area contributed by atoms with E-state index in [1.807, 2.05) is 42.6 Å². The Morgan fingerprint density at radius 2 is 1.91 bits per heavy atom. The van der Waals surface area contributed by atoms with Gasteiger partial charge in [0.25, 0.3) is 5.91 Å². The van der Waals surface area contributed by atoms with E-state index in [-0.39, 0.29) is 5.91 Å². The lowest BCUT2D eigenvalue weighted by molar-refractivity contribution is 0.0944. The fourth-order valence-electron chi connectivity index (χ4n) is 2.88. The molecule has 2 aromatic rings. The maximum atomic E-state index is 12.3. The minimum atomic E-state index is 0.0298. The summed E-state index contributed by atoms with van der Waals surface area (Å²) < 4.78 is 0.993. The highest BCUT2D eigenvalue weighted by Crippen LogP contribution is 2.21. The van der Waals surface area contributed by atoms with Gasteiger partial charge in [-0.15, -0.1) is 0 Å². The number of halogens is 1. The lowest BCUT2D eigenvalue weighted by atomic mass is 9.96. The first kappa shape index (κ1) is 16.2. The fraction of sp³-hybridized carbons (Fsp3) is 0.333. The maximum Gasteiger partial charge on any atom is 0.252 e. The average Bonchev–Trinajstić information content (AvgIpc) is 2.61. The van der Waals surface area contributed by atoms with Crippen molar-refractivity contribution in [1.82, 2.24) is 10.3 Å². The van der Waals surface area contributed by atoms with Crippen LogP contribution in [0.5, 0.6) is 0 Å². The topological polar surface area (TPSA) is 45.2 Å². The molecule has 0 aliphatic carbocycles. The van der Waals surface area contributed by atoms with Gasteiger partial charge in [-0.1, -0.05) is 18.2 Å². The number of anilines is 1. The summed E-state index contributed by atoms with van der Waals surface area (Å²) in [6, 6.07) is 13.7. The molecule has 0 spiro atoms. The van der Waals surface area contributed by atoms with Gasteiger partial charge in [0.15, 0.2) is 0 Å². The van der Waals surface area contributed by atoms with Gasteiger partial charge in [-0.2, -0.15) is 0 Å². The van der Waals surface area contributed by atoms with Crippen LogP contribution in [0.15, 0.2) is 48.7 Å². The van der Waals surface area contributed by atoms with Gasteiger partial charge >= 0.3 is 0 Å². The molecule has 1 fully saturated rings. The Balaban J connectivity index is 1.48. The smallest absolute Gasteiger partial charge is 0.252 e. The molecule has 120 valence electrons. The van der Waals surface area contributed by atoms with Crippen molar-refractivity contribution in [2.75, 3.05) is 24.5 Å². The van der Waals surface area contributed by atoms with Gasteiger partial charge in [0.05, 0.1) is 5.56 Å². The number of pyridine rings is 1. The number of benzene rings is 1. The van der Waals surface area contributed by atoms with E-state index in [0.717, 1.165) is 47.4 Å². The minimum Gasteiger partial charge on any atom is -0.357 e. The minimum absolute atomic E-state index is 0.0298. The second-order valence-corrected chi connectivity index (χ2v) is 6.97. The number of piperidine rings is 1. The average molecular weight is 421 g/mol. The van der Waals surface area contributed by atoms with Crippen LogP contribution < -0.4 is 10.2 Å². The Morgan fingerprint density at radius 3 is 2.61 bits per heavy atom. The first-order valence-corrected chi connectivity index (χ1v) is 9.00. The molecular formula is C18H20IN3O. The molecule has 0 atom stereocenters. The molecule has 1 aliphatic heterocycles. The molecule has 1 aromatic heterocycles. The maximum absolute atomic E-state index is 12.3. The van der Waals surface area contributed by atoms with Gasteiger partial charge in [0, 0.05) is 29.4 Å². The number of amides is 1. The Morgan fingerprint density at radius 1 is 1.17 bits per heavy atom. The molecule has 1 saturated heterocycles. The predicted molar refractivity (Wildman–Crippen MR) is 101 cm³/mol. The standard InChI is InChI=1S/C18H20IN3O/c19-16-6-2-1-5-15(16)18(23)21-13-14-8-11-22(12-9-14)17-7-3-4-10-20-17/h1-7,10,14H,8-9,11-13H2,(H,21,23). The Hall–Kier alpha value is -1.63. The van der Waals surface area contributed by atoms with Crippen molar-refractivity contribution in [3.8, 4) is 0 Å². The molecule has 2 heterocycles. The van der Waals surface area contributed by atoms with E-state index in [4.69, 9.17) is 0 Å². The first-order valence-electron chi connectivity index (χ1n) is 7.93. The normalized spacial score (nSPS) is 15.4. The zero-order valence-electron chi connectivity index (χ0n) is 12.9. The lowest BCUT2D eigenvalue weighted by Crippen LogP contribution is -2.39. The van der Waals surface area contributed by atoms with Crippen molar-refractivity contribution in [2.24, 2.45) is 5.92 Å². The highest BCUT2D eigenvalue weighted by Gasteiger charge is 2.20. The summed E-state index contributed by atoms with van der Waals surface area (Å²) in [5, 5.41) is 3.09. The molecule has 5 heteroatoms. The van der Waals surface area contributed by atoms with Crippen LogP contribution >= 0.6 is 22.6 Å². The number of hydrogen-bond acceptors (Lipinski definition) is 3. The highest BCUT2D eigenvalue weighted by atomic mass is 127. The quantitative estimate of drug-likeness (QED) is 0.771. The summed E-state index contributed by atoms with van der Waals surface area (Å²) in [6.07, 6.45) is 4.01.